The summed E-state index contributed by atoms with van der Waals surface area (Å²) in [6.07, 6.45) is 1.59. The maximum absolute atomic E-state index is 9.79. The Morgan fingerprint density at radius 2 is 2.15 bits per heavy atom. The van der Waals surface area contributed by atoms with Crippen molar-refractivity contribution >= 4 is 13.3 Å². The van der Waals surface area contributed by atoms with E-state index < -0.39 is 0 Å². The fourth-order valence-electron chi connectivity index (χ4n) is 1.63. The van der Waals surface area contributed by atoms with Crippen molar-refractivity contribution < 1.29 is 5.11 Å². The van der Waals surface area contributed by atoms with Gasteiger partial charge in [0.05, 0.1) is 6.10 Å². The van der Waals surface area contributed by atoms with E-state index in [9.17, 15) is 5.11 Å². The highest BCUT2D eigenvalue weighted by molar-refractivity contribution is 6.33. The van der Waals surface area contributed by atoms with E-state index in [2.05, 4.69) is 33.8 Å². The van der Waals surface area contributed by atoms with E-state index in [1.165, 1.54) is 11.0 Å². The highest BCUT2D eigenvalue weighted by atomic mass is 16.3. The van der Waals surface area contributed by atoms with E-state index in [4.69, 9.17) is 0 Å². The minimum atomic E-state index is -0.286. The Kier molecular flexibility index (Phi) is 3.55. The fourth-order valence-corrected chi connectivity index (χ4v) is 1.63. The Bertz CT molecular complexity index is 283. The first-order chi connectivity index (χ1) is 6.15. The second-order valence-electron chi connectivity index (χ2n) is 3.66. The van der Waals surface area contributed by atoms with Crippen LogP contribution in [-0.2, 0) is 0 Å². The number of aryl methyl sites for hydroxylation is 1. The molecule has 0 radical (unpaired) electrons. The third-order valence-electron chi connectivity index (χ3n) is 2.35. The van der Waals surface area contributed by atoms with Crippen molar-refractivity contribution in [3.8, 4) is 0 Å². The minimum Gasteiger partial charge on any atom is -0.388 e. The van der Waals surface area contributed by atoms with Crippen LogP contribution < -0.4 is 5.46 Å². The van der Waals surface area contributed by atoms with Gasteiger partial charge in [0.15, 0.2) is 0 Å². The van der Waals surface area contributed by atoms with Crippen LogP contribution in [0.2, 0.25) is 0 Å². The molecule has 13 heavy (non-hydrogen) atoms. The SMILES string of the molecule is Bc1cc(C)ccc1[C@H](O)CCC. The standard InChI is InChI=1S/C11H17BO/c1-3-4-11(13)9-6-5-8(2)7-10(9)12/h5-7,11,13H,3-4,12H2,1-2H3/t11-/m1/s1. The molecule has 0 fully saturated rings. The van der Waals surface area contributed by atoms with Gasteiger partial charge in [-0.3, -0.25) is 0 Å². The molecule has 1 aromatic rings. The van der Waals surface area contributed by atoms with Crippen LogP contribution in [0.25, 0.3) is 0 Å². The summed E-state index contributed by atoms with van der Waals surface area (Å²) in [5.41, 5.74) is 3.53. The average molecular weight is 176 g/mol. The lowest BCUT2D eigenvalue weighted by Crippen LogP contribution is -2.14. The van der Waals surface area contributed by atoms with Gasteiger partial charge in [0.2, 0.25) is 0 Å². The van der Waals surface area contributed by atoms with E-state index in [1.54, 1.807) is 0 Å². The van der Waals surface area contributed by atoms with Gasteiger partial charge in [0.25, 0.3) is 0 Å². The Balaban J connectivity index is 2.88. The number of aliphatic hydroxyl groups is 1. The summed E-state index contributed by atoms with van der Waals surface area (Å²) in [6.45, 7) is 4.16. The molecule has 0 aliphatic heterocycles. The summed E-state index contributed by atoms with van der Waals surface area (Å²) in [5.74, 6) is 0. The summed E-state index contributed by atoms with van der Waals surface area (Å²) in [4.78, 5) is 0. The van der Waals surface area contributed by atoms with Gasteiger partial charge in [-0.1, -0.05) is 42.6 Å². The molecule has 0 unspecified atom stereocenters. The molecule has 0 heterocycles. The fraction of sp³-hybridized carbons (Fsp3) is 0.455. The summed E-state index contributed by atoms with van der Waals surface area (Å²) in [6, 6.07) is 6.21. The molecule has 0 amide bonds. The van der Waals surface area contributed by atoms with Gasteiger partial charge in [0, 0.05) is 0 Å². The topological polar surface area (TPSA) is 20.2 Å². The Morgan fingerprint density at radius 1 is 1.46 bits per heavy atom. The number of hydrogen-bond acceptors (Lipinski definition) is 1. The normalized spacial score (nSPS) is 12.8. The lowest BCUT2D eigenvalue weighted by Gasteiger charge is -2.13. The van der Waals surface area contributed by atoms with Crippen LogP contribution in [-0.4, -0.2) is 13.0 Å². The molecule has 0 bridgehead atoms. The second-order valence-corrected chi connectivity index (χ2v) is 3.66. The second kappa shape index (κ2) is 4.47. The number of benzene rings is 1. The number of hydrogen-bond donors (Lipinski definition) is 1. The summed E-state index contributed by atoms with van der Waals surface area (Å²) in [7, 11) is 2.06. The maximum atomic E-state index is 9.79. The molecule has 0 saturated heterocycles. The number of aliphatic hydroxyl groups excluding tert-OH is 1. The first kappa shape index (κ1) is 10.3. The molecule has 1 nitrogen and oxygen atoms in total. The van der Waals surface area contributed by atoms with E-state index in [0.717, 1.165) is 18.4 Å². The van der Waals surface area contributed by atoms with E-state index in [-0.39, 0.29) is 6.10 Å². The van der Waals surface area contributed by atoms with Crippen LogP contribution in [0.4, 0.5) is 0 Å². The van der Waals surface area contributed by atoms with E-state index in [0.29, 0.717) is 0 Å². The molecule has 1 N–H and O–H groups in total. The molecule has 70 valence electrons. The van der Waals surface area contributed by atoms with Gasteiger partial charge in [0.1, 0.15) is 7.85 Å². The molecular weight excluding hydrogens is 159 g/mol. The molecule has 0 aliphatic carbocycles. The van der Waals surface area contributed by atoms with Crippen molar-refractivity contribution in [2.45, 2.75) is 32.8 Å². The van der Waals surface area contributed by atoms with Gasteiger partial charge < -0.3 is 5.11 Å². The number of rotatable bonds is 3. The van der Waals surface area contributed by atoms with Crippen LogP contribution in [0.1, 0.15) is 37.0 Å². The van der Waals surface area contributed by atoms with Crippen LogP contribution in [0.15, 0.2) is 18.2 Å². The average Bonchev–Trinajstić information content (AvgIpc) is 2.04. The van der Waals surface area contributed by atoms with Crippen molar-refractivity contribution in [2.24, 2.45) is 0 Å². The lowest BCUT2D eigenvalue weighted by atomic mass is 9.86. The van der Waals surface area contributed by atoms with Crippen LogP contribution in [0.3, 0.4) is 0 Å². The molecule has 1 aromatic carbocycles. The first-order valence-corrected chi connectivity index (χ1v) is 4.90. The minimum absolute atomic E-state index is 0.286. The highest BCUT2D eigenvalue weighted by Crippen LogP contribution is 2.16. The largest absolute Gasteiger partial charge is 0.388 e. The predicted octanol–water partition coefficient (Wildman–Crippen LogP) is 1.09. The monoisotopic (exact) mass is 176 g/mol. The summed E-state index contributed by atoms with van der Waals surface area (Å²) >= 11 is 0. The van der Waals surface area contributed by atoms with Crippen molar-refractivity contribution in [1.29, 1.82) is 0 Å². The Labute approximate surface area is 81.2 Å². The summed E-state index contributed by atoms with van der Waals surface area (Å²) < 4.78 is 0. The zero-order valence-corrected chi connectivity index (χ0v) is 8.67. The first-order valence-electron chi connectivity index (χ1n) is 4.90. The van der Waals surface area contributed by atoms with Crippen LogP contribution in [0.5, 0.6) is 0 Å². The van der Waals surface area contributed by atoms with E-state index >= 15 is 0 Å². The van der Waals surface area contributed by atoms with Gasteiger partial charge in [-0.25, -0.2) is 0 Å². The molecule has 0 spiro atoms. The molecule has 0 aromatic heterocycles. The van der Waals surface area contributed by atoms with Crippen molar-refractivity contribution in [1.82, 2.24) is 0 Å². The lowest BCUT2D eigenvalue weighted by molar-refractivity contribution is 0.167. The molecule has 1 atom stereocenters. The van der Waals surface area contributed by atoms with Crippen LogP contribution >= 0.6 is 0 Å². The summed E-state index contributed by atoms with van der Waals surface area (Å²) in [5, 5.41) is 9.79. The predicted molar refractivity (Wildman–Crippen MR) is 59.2 cm³/mol. The van der Waals surface area contributed by atoms with E-state index in [1.807, 2.05) is 6.07 Å². The van der Waals surface area contributed by atoms with Gasteiger partial charge in [-0.15, -0.1) is 0 Å². The van der Waals surface area contributed by atoms with Crippen molar-refractivity contribution in [3.05, 3.63) is 29.3 Å². The molecule has 1 rings (SSSR count). The molecule has 0 saturated carbocycles. The quantitative estimate of drug-likeness (QED) is 0.683. The smallest absolute Gasteiger partial charge is 0.139 e. The van der Waals surface area contributed by atoms with Crippen molar-refractivity contribution in [3.63, 3.8) is 0 Å². The van der Waals surface area contributed by atoms with Crippen molar-refractivity contribution in [2.75, 3.05) is 0 Å². The Hall–Kier alpha value is -0.755. The van der Waals surface area contributed by atoms with Crippen LogP contribution in [0, 0.1) is 6.92 Å². The van der Waals surface area contributed by atoms with Gasteiger partial charge >= 0.3 is 0 Å². The third kappa shape index (κ3) is 2.59. The zero-order valence-electron chi connectivity index (χ0n) is 8.67. The Morgan fingerprint density at radius 3 is 2.69 bits per heavy atom. The molecular formula is C11H17BO. The maximum Gasteiger partial charge on any atom is 0.139 e. The molecule has 0 aliphatic rings. The van der Waals surface area contributed by atoms with Gasteiger partial charge in [-0.05, 0) is 18.9 Å². The highest BCUT2D eigenvalue weighted by Gasteiger charge is 2.08. The third-order valence-corrected chi connectivity index (χ3v) is 2.35. The zero-order chi connectivity index (χ0) is 9.84. The van der Waals surface area contributed by atoms with Gasteiger partial charge in [-0.2, -0.15) is 0 Å². The molecule has 2 heteroatoms.